The molecule has 0 spiro atoms. The molecule has 0 saturated carbocycles. The maximum atomic E-state index is 12.0. The Morgan fingerprint density at radius 1 is 1.29 bits per heavy atom. The van der Waals surface area contributed by atoms with Crippen LogP contribution in [-0.4, -0.2) is 35.6 Å². The van der Waals surface area contributed by atoms with Gasteiger partial charge in [0.25, 0.3) is 0 Å². The van der Waals surface area contributed by atoms with Crippen LogP contribution in [0.4, 0.5) is 4.79 Å². The van der Waals surface area contributed by atoms with Crippen molar-refractivity contribution >= 4 is 17.7 Å². The third kappa shape index (κ3) is 4.41. The van der Waals surface area contributed by atoms with Gasteiger partial charge in [-0.05, 0) is 12.5 Å². The molecule has 1 saturated heterocycles. The summed E-state index contributed by atoms with van der Waals surface area (Å²) in [5, 5.41) is 0. The molecular weight excluding hydrogens is 270 g/mol. The van der Waals surface area contributed by atoms with Crippen molar-refractivity contribution in [2.45, 2.75) is 26.4 Å². The molecule has 0 radical (unpaired) electrons. The van der Waals surface area contributed by atoms with Crippen LogP contribution in [0.2, 0.25) is 0 Å². The number of ether oxygens (including phenoxy) is 1. The van der Waals surface area contributed by atoms with Gasteiger partial charge < -0.3 is 14.4 Å². The maximum Gasteiger partial charge on any atom is 0.410 e. The zero-order valence-corrected chi connectivity index (χ0v) is 12.1. The van der Waals surface area contributed by atoms with Crippen molar-refractivity contribution in [2.75, 3.05) is 13.1 Å². The van der Waals surface area contributed by atoms with Gasteiger partial charge in [-0.1, -0.05) is 30.3 Å². The number of piperidine rings is 1. The minimum absolute atomic E-state index is 0.0344. The van der Waals surface area contributed by atoms with Crippen LogP contribution in [0, 0.1) is 5.92 Å². The summed E-state index contributed by atoms with van der Waals surface area (Å²) in [6.45, 7) is 2.30. The summed E-state index contributed by atoms with van der Waals surface area (Å²) in [5.74, 6) is -0.370. The predicted octanol–water partition coefficient (Wildman–Crippen LogP) is 2.19. The van der Waals surface area contributed by atoms with Crippen LogP contribution in [0.5, 0.6) is 0 Å². The lowest BCUT2D eigenvalue weighted by atomic mass is 9.92. The second-order valence-electron chi connectivity index (χ2n) is 5.31. The monoisotopic (exact) mass is 289 g/mol. The van der Waals surface area contributed by atoms with Crippen molar-refractivity contribution < 1.29 is 19.1 Å². The lowest BCUT2D eigenvalue weighted by Gasteiger charge is -2.30. The van der Waals surface area contributed by atoms with Crippen LogP contribution in [0.3, 0.4) is 0 Å². The van der Waals surface area contributed by atoms with E-state index in [1.165, 1.54) is 11.8 Å². The van der Waals surface area contributed by atoms with E-state index >= 15 is 0 Å². The van der Waals surface area contributed by atoms with Gasteiger partial charge in [0.1, 0.15) is 18.2 Å². The topological polar surface area (TPSA) is 63.7 Å². The van der Waals surface area contributed by atoms with E-state index in [0.29, 0.717) is 13.0 Å². The van der Waals surface area contributed by atoms with E-state index in [1.807, 2.05) is 30.3 Å². The van der Waals surface area contributed by atoms with E-state index < -0.39 is 6.09 Å². The molecule has 0 aromatic heterocycles. The summed E-state index contributed by atoms with van der Waals surface area (Å²) >= 11 is 0. The quantitative estimate of drug-likeness (QED) is 0.852. The van der Waals surface area contributed by atoms with Gasteiger partial charge in [0, 0.05) is 31.8 Å². The first-order valence-corrected chi connectivity index (χ1v) is 7.04. The molecule has 1 aromatic rings. The van der Waals surface area contributed by atoms with E-state index in [4.69, 9.17) is 4.74 Å². The Hall–Kier alpha value is -2.17. The molecule has 1 fully saturated rings. The summed E-state index contributed by atoms with van der Waals surface area (Å²) in [7, 11) is 0. The third-order valence-corrected chi connectivity index (χ3v) is 3.52. The van der Waals surface area contributed by atoms with Crippen molar-refractivity contribution in [3.8, 4) is 0 Å². The number of carbonyl (C=O) groups is 3. The van der Waals surface area contributed by atoms with Crippen LogP contribution in [-0.2, 0) is 20.9 Å². The number of likely N-dealkylation sites (tertiary alicyclic amines) is 1. The fraction of sp³-hybridized carbons (Fsp3) is 0.438. The average Bonchev–Trinajstić information content (AvgIpc) is 2.47. The normalized spacial score (nSPS) is 18.4. The number of nitrogens with zero attached hydrogens (tertiary/aromatic N) is 1. The number of rotatable bonds is 4. The highest BCUT2D eigenvalue weighted by Gasteiger charge is 2.31. The molecule has 1 atom stereocenters. The molecular formula is C16H19NO4. The Kier molecular flexibility index (Phi) is 5.09. The van der Waals surface area contributed by atoms with Crippen LogP contribution in [0.1, 0.15) is 25.3 Å². The van der Waals surface area contributed by atoms with Crippen LogP contribution < -0.4 is 0 Å². The molecule has 1 aliphatic rings. The number of carbonyl (C=O) groups excluding carboxylic acids is 3. The van der Waals surface area contributed by atoms with E-state index in [9.17, 15) is 14.4 Å². The first-order valence-electron chi connectivity index (χ1n) is 7.04. The minimum atomic E-state index is -0.431. The van der Waals surface area contributed by atoms with E-state index in [-0.39, 0.29) is 37.1 Å². The van der Waals surface area contributed by atoms with Crippen LogP contribution in [0.25, 0.3) is 0 Å². The molecule has 1 aromatic carbocycles. The van der Waals surface area contributed by atoms with Crippen molar-refractivity contribution in [1.29, 1.82) is 0 Å². The highest BCUT2D eigenvalue weighted by Crippen LogP contribution is 2.18. The van der Waals surface area contributed by atoms with Crippen molar-refractivity contribution in [3.05, 3.63) is 35.9 Å². The molecule has 1 unspecified atom stereocenters. The minimum Gasteiger partial charge on any atom is -0.445 e. The van der Waals surface area contributed by atoms with Crippen LogP contribution in [0.15, 0.2) is 30.3 Å². The summed E-state index contributed by atoms with van der Waals surface area (Å²) in [4.78, 5) is 36.4. The molecule has 112 valence electrons. The molecule has 0 bridgehead atoms. The SMILES string of the molecule is CC(=O)CC1CN(C(=O)OCc2ccccc2)CCC1=O. The molecule has 5 nitrogen and oxygen atoms in total. The van der Waals surface area contributed by atoms with E-state index in [0.717, 1.165) is 5.56 Å². The second-order valence-corrected chi connectivity index (χ2v) is 5.31. The molecule has 1 heterocycles. The first kappa shape index (κ1) is 15.2. The lowest BCUT2D eigenvalue weighted by Crippen LogP contribution is -2.44. The molecule has 0 aliphatic carbocycles. The number of hydrogen-bond donors (Lipinski definition) is 0. The Balaban J connectivity index is 1.87. The molecule has 1 amide bonds. The van der Waals surface area contributed by atoms with Gasteiger partial charge in [0.2, 0.25) is 0 Å². The fourth-order valence-corrected chi connectivity index (χ4v) is 2.41. The Labute approximate surface area is 123 Å². The van der Waals surface area contributed by atoms with Gasteiger partial charge in [-0.3, -0.25) is 4.79 Å². The predicted molar refractivity (Wildman–Crippen MR) is 76.6 cm³/mol. The van der Waals surface area contributed by atoms with Crippen molar-refractivity contribution in [3.63, 3.8) is 0 Å². The highest BCUT2D eigenvalue weighted by molar-refractivity contribution is 5.88. The summed E-state index contributed by atoms with van der Waals surface area (Å²) < 4.78 is 5.25. The largest absolute Gasteiger partial charge is 0.445 e. The second kappa shape index (κ2) is 7.02. The van der Waals surface area contributed by atoms with E-state index in [2.05, 4.69) is 0 Å². The van der Waals surface area contributed by atoms with Crippen molar-refractivity contribution in [2.24, 2.45) is 5.92 Å². The number of Topliss-reactive ketones (excluding diaryl/α,β-unsaturated/α-hetero) is 2. The average molecular weight is 289 g/mol. The van der Waals surface area contributed by atoms with Gasteiger partial charge in [-0.15, -0.1) is 0 Å². The fourth-order valence-electron chi connectivity index (χ4n) is 2.41. The van der Waals surface area contributed by atoms with Crippen LogP contribution >= 0.6 is 0 Å². The zero-order valence-electron chi connectivity index (χ0n) is 12.1. The lowest BCUT2D eigenvalue weighted by molar-refractivity contribution is -0.129. The Morgan fingerprint density at radius 3 is 2.67 bits per heavy atom. The number of benzene rings is 1. The molecule has 0 N–H and O–H groups in total. The van der Waals surface area contributed by atoms with E-state index in [1.54, 1.807) is 0 Å². The van der Waals surface area contributed by atoms with Gasteiger partial charge in [0.05, 0.1) is 0 Å². The van der Waals surface area contributed by atoms with Gasteiger partial charge >= 0.3 is 6.09 Å². The highest BCUT2D eigenvalue weighted by atomic mass is 16.6. The zero-order chi connectivity index (χ0) is 15.2. The van der Waals surface area contributed by atoms with Gasteiger partial charge in [0.15, 0.2) is 0 Å². The first-order chi connectivity index (χ1) is 10.1. The Bertz CT molecular complexity index is 526. The molecule has 2 rings (SSSR count). The standard InChI is InChI=1S/C16H19NO4/c1-12(18)9-14-10-17(8-7-15(14)19)16(20)21-11-13-5-3-2-4-6-13/h2-6,14H,7-11H2,1H3. The Morgan fingerprint density at radius 2 is 2.00 bits per heavy atom. The third-order valence-electron chi connectivity index (χ3n) is 3.52. The maximum absolute atomic E-state index is 12.0. The summed E-state index contributed by atoms with van der Waals surface area (Å²) in [6.07, 6.45) is 0.0552. The number of hydrogen-bond acceptors (Lipinski definition) is 4. The number of amides is 1. The molecule has 5 heteroatoms. The number of ketones is 2. The smallest absolute Gasteiger partial charge is 0.410 e. The van der Waals surface area contributed by atoms with Gasteiger partial charge in [-0.25, -0.2) is 4.79 Å². The summed E-state index contributed by atoms with van der Waals surface area (Å²) in [5.41, 5.74) is 0.916. The molecule has 21 heavy (non-hydrogen) atoms. The summed E-state index contributed by atoms with van der Waals surface area (Å²) in [6, 6.07) is 9.42. The van der Waals surface area contributed by atoms with Crippen molar-refractivity contribution in [1.82, 2.24) is 4.90 Å². The molecule has 1 aliphatic heterocycles. The van der Waals surface area contributed by atoms with Gasteiger partial charge in [-0.2, -0.15) is 0 Å².